The van der Waals surface area contributed by atoms with E-state index in [2.05, 4.69) is 48.1 Å². The van der Waals surface area contributed by atoms with Crippen molar-refractivity contribution in [1.29, 1.82) is 0 Å². The van der Waals surface area contributed by atoms with E-state index < -0.39 is 0 Å². The zero-order chi connectivity index (χ0) is 20.4. The highest BCUT2D eigenvalue weighted by molar-refractivity contribution is 6.42. The number of benzene rings is 2. The molecule has 2 heterocycles. The molecule has 4 rings (SSSR count). The summed E-state index contributed by atoms with van der Waals surface area (Å²) in [6, 6.07) is 16.2. The van der Waals surface area contributed by atoms with Crippen molar-refractivity contribution in [2.24, 2.45) is 0 Å². The van der Waals surface area contributed by atoms with Crippen molar-refractivity contribution in [3.05, 3.63) is 75.4 Å². The summed E-state index contributed by atoms with van der Waals surface area (Å²) >= 11 is 12.3. The monoisotopic (exact) mass is 465 g/mol. The second kappa shape index (κ2) is 10.1. The molecule has 30 heavy (non-hydrogen) atoms. The number of fused-ring (bicyclic) bond motifs is 1. The summed E-state index contributed by atoms with van der Waals surface area (Å²) < 4.78 is 7.90. The maximum absolute atomic E-state index is 6.20. The summed E-state index contributed by atoms with van der Waals surface area (Å²) in [6.45, 7) is 7.81. The van der Waals surface area contributed by atoms with Gasteiger partial charge in [-0.2, -0.15) is 0 Å². The summed E-state index contributed by atoms with van der Waals surface area (Å²) in [4.78, 5) is 2.43. The second-order valence-corrected chi connectivity index (χ2v) is 8.53. The first-order valence-electron chi connectivity index (χ1n) is 9.98. The van der Waals surface area contributed by atoms with Crippen LogP contribution in [0.5, 0.6) is 5.88 Å². The molecule has 0 fully saturated rings. The van der Waals surface area contributed by atoms with Crippen LogP contribution in [-0.2, 0) is 13.0 Å². The van der Waals surface area contributed by atoms with Gasteiger partial charge in [-0.05, 0) is 41.7 Å². The van der Waals surface area contributed by atoms with Crippen molar-refractivity contribution in [1.82, 2.24) is 14.7 Å². The Labute approximate surface area is 194 Å². The maximum Gasteiger partial charge on any atom is 0.233 e. The average molecular weight is 467 g/mol. The third-order valence-corrected chi connectivity index (χ3v) is 6.06. The third-order valence-electron chi connectivity index (χ3n) is 5.32. The van der Waals surface area contributed by atoms with Crippen LogP contribution in [0.4, 0.5) is 0 Å². The normalized spacial score (nSPS) is 13.8. The fourth-order valence-corrected chi connectivity index (χ4v) is 3.99. The summed E-state index contributed by atoms with van der Waals surface area (Å²) in [7, 11) is 0. The van der Waals surface area contributed by atoms with Gasteiger partial charge in [-0.15, -0.1) is 17.5 Å². The molecule has 160 valence electrons. The van der Waals surface area contributed by atoms with Crippen LogP contribution in [0.3, 0.4) is 0 Å². The molecule has 0 saturated carbocycles. The lowest BCUT2D eigenvalue weighted by atomic mass is 10.0. The van der Waals surface area contributed by atoms with Gasteiger partial charge in [-0.3, -0.25) is 4.90 Å². The van der Waals surface area contributed by atoms with E-state index in [1.165, 1.54) is 11.1 Å². The lowest BCUT2D eigenvalue weighted by Crippen LogP contribution is -2.33. The average Bonchev–Trinajstić information content (AvgIpc) is 3.14. The Kier molecular flexibility index (Phi) is 7.70. The number of hydrogen-bond donors (Lipinski definition) is 0. The van der Waals surface area contributed by atoms with Crippen molar-refractivity contribution in [2.75, 3.05) is 19.7 Å². The van der Waals surface area contributed by atoms with E-state index in [-0.39, 0.29) is 12.4 Å². The lowest BCUT2D eigenvalue weighted by Gasteiger charge is -2.28. The van der Waals surface area contributed by atoms with Crippen LogP contribution < -0.4 is 4.74 Å². The molecule has 7 heteroatoms. The maximum atomic E-state index is 6.20. The molecule has 4 nitrogen and oxygen atoms in total. The summed E-state index contributed by atoms with van der Waals surface area (Å²) in [5, 5.41) is 5.72. The highest BCUT2D eigenvalue weighted by Gasteiger charge is 2.17. The van der Waals surface area contributed by atoms with Gasteiger partial charge in [0.2, 0.25) is 5.88 Å². The Hall–Kier alpha value is -1.72. The number of ether oxygens (including phenoxy) is 1. The number of rotatable bonds is 6. The van der Waals surface area contributed by atoms with Crippen LogP contribution in [0.25, 0.3) is 5.69 Å². The van der Waals surface area contributed by atoms with Gasteiger partial charge in [0.25, 0.3) is 0 Å². The van der Waals surface area contributed by atoms with Gasteiger partial charge >= 0.3 is 0 Å². The molecular formula is C23H26Cl3N3O. The fourth-order valence-electron chi connectivity index (χ4n) is 3.70. The van der Waals surface area contributed by atoms with E-state index in [0.29, 0.717) is 28.5 Å². The number of halogens is 3. The molecule has 0 N–H and O–H groups in total. The molecule has 0 unspecified atom stereocenters. The first kappa shape index (κ1) is 23.0. The van der Waals surface area contributed by atoms with Crippen LogP contribution in [0.15, 0.2) is 48.5 Å². The fraction of sp³-hybridized carbons (Fsp3) is 0.348. The van der Waals surface area contributed by atoms with Gasteiger partial charge in [0.15, 0.2) is 0 Å². The van der Waals surface area contributed by atoms with Gasteiger partial charge in [-0.25, -0.2) is 4.68 Å². The molecule has 0 bridgehead atoms. The lowest BCUT2D eigenvalue weighted by molar-refractivity contribution is 0.192. The van der Waals surface area contributed by atoms with E-state index in [4.69, 9.17) is 27.9 Å². The van der Waals surface area contributed by atoms with Crippen LogP contribution in [0.1, 0.15) is 36.6 Å². The minimum atomic E-state index is 0. The quantitative estimate of drug-likeness (QED) is 0.436. The van der Waals surface area contributed by atoms with Gasteiger partial charge in [-0.1, -0.05) is 61.3 Å². The van der Waals surface area contributed by atoms with Crippen LogP contribution in [0.2, 0.25) is 10.0 Å². The van der Waals surface area contributed by atoms with E-state index in [1.54, 1.807) is 6.07 Å². The van der Waals surface area contributed by atoms with Crippen LogP contribution >= 0.6 is 35.6 Å². The Bertz CT molecular complexity index is 1000. The van der Waals surface area contributed by atoms with Gasteiger partial charge < -0.3 is 4.74 Å². The minimum Gasteiger partial charge on any atom is -0.475 e. The minimum absolute atomic E-state index is 0. The molecule has 0 atom stereocenters. The molecule has 0 saturated heterocycles. The van der Waals surface area contributed by atoms with E-state index in [9.17, 15) is 0 Å². The summed E-state index contributed by atoms with van der Waals surface area (Å²) in [6.07, 6.45) is 1.10. The topological polar surface area (TPSA) is 30.3 Å². The van der Waals surface area contributed by atoms with E-state index in [1.807, 2.05) is 22.9 Å². The zero-order valence-corrected chi connectivity index (χ0v) is 19.5. The molecule has 1 aliphatic rings. The number of hydrogen-bond acceptors (Lipinski definition) is 3. The first-order chi connectivity index (χ1) is 14.0. The van der Waals surface area contributed by atoms with Gasteiger partial charge in [0, 0.05) is 25.7 Å². The molecule has 1 aliphatic heterocycles. The Morgan fingerprint density at radius 2 is 1.80 bits per heavy atom. The predicted octanol–water partition coefficient (Wildman–Crippen LogP) is 6.16. The summed E-state index contributed by atoms with van der Waals surface area (Å²) in [5.74, 6) is 0.935. The third kappa shape index (κ3) is 5.12. The van der Waals surface area contributed by atoms with Crippen molar-refractivity contribution < 1.29 is 4.74 Å². The second-order valence-electron chi connectivity index (χ2n) is 7.72. The van der Waals surface area contributed by atoms with Crippen molar-refractivity contribution in [3.8, 4) is 11.6 Å². The van der Waals surface area contributed by atoms with Crippen LogP contribution in [-0.4, -0.2) is 34.4 Å². The number of nitrogens with zero attached hydrogens (tertiary/aromatic N) is 3. The van der Waals surface area contributed by atoms with E-state index in [0.717, 1.165) is 37.4 Å². The Morgan fingerprint density at radius 3 is 2.53 bits per heavy atom. The standard InChI is InChI=1S/C23H25Cl2N3O.ClH/c1-16(2)22-14-23(26-28(22)19-7-8-20(24)21(25)13-19)29-12-11-27-10-9-17-5-3-4-6-18(17)15-27;/h3-8,13-14,16H,9-12,15H2,1-2H3;1H. The highest BCUT2D eigenvalue weighted by Crippen LogP contribution is 2.28. The molecule has 1 aromatic heterocycles. The van der Waals surface area contributed by atoms with Gasteiger partial charge in [0.1, 0.15) is 6.61 Å². The van der Waals surface area contributed by atoms with E-state index >= 15 is 0 Å². The smallest absolute Gasteiger partial charge is 0.233 e. The van der Waals surface area contributed by atoms with Crippen LogP contribution in [0, 0.1) is 0 Å². The number of aromatic nitrogens is 2. The first-order valence-corrected chi connectivity index (χ1v) is 10.7. The molecule has 0 spiro atoms. The SMILES string of the molecule is CC(C)c1cc(OCCN2CCc3ccccc3C2)nn1-c1ccc(Cl)c(Cl)c1.Cl. The molecule has 0 aliphatic carbocycles. The van der Waals surface area contributed by atoms with Gasteiger partial charge in [0.05, 0.1) is 21.4 Å². The highest BCUT2D eigenvalue weighted by atomic mass is 35.5. The van der Waals surface area contributed by atoms with Crippen molar-refractivity contribution in [2.45, 2.75) is 32.7 Å². The molecular weight excluding hydrogens is 441 g/mol. The summed E-state index contributed by atoms with van der Waals surface area (Å²) in [5.41, 5.74) is 4.84. The molecule has 0 amide bonds. The Morgan fingerprint density at radius 1 is 1.03 bits per heavy atom. The molecule has 3 aromatic rings. The predicted molar refractivity (Wildman–Crippen MR) is 126 cm³/mol. The molecule has 2 aromatic carbocycles. The zero-order valence-electron chi connectivity index (χ0n) is 17.1. The van der Waals surface area contributed by atoms with Crippen molar-refractivity contribution in [3.63, 3.8) is 0 Å². The Balaban J connectivity index is 0.00000256. The molecule has 0 radical (unpaired) electrons. The van der Waals surface area contributed by atoms with Crippen molar-refractivity contribution >= 4 is 35.6 Å². The largest absolute Gasteiger partial charge is 0.475 e.